The van der Waals surface area contributed by atoms with Gasteiger partial charge in [0.1, 0.15) is 0 Å². The van der Waals surface area contributed by atoms with Gasteiger partial charge >= 0.3 is 0 Å². The zero-order chi connectivity index (χ0) is 14.5. The van der Waals surface area contributed by atoms with Crippen molar-refractivity contribution in [3.05, 3.63) is 27.7 Å². The summed E-state index contributed by atoms with van der Waals surface area (Å²) in [5.41, 5.74) is 0. The standard InChI is InChI=1S/C11H14BrCl2NO3S/c1-18-7-6-15(5-4-13)19(16,17)9-2-3-11(14)10(12)8-9/h2-3,8H,4-7H2,1H3. The predicted octanol–water partition coefficient (Wildman–Crippen LogP) is 2.98. The summed E-state index contributed by atoms with van der Waals surface area (Å²) in [6.45, 7) is 0.796. The van der Waals surface area contributed by atoms with Gasteiger partial charge in [0.2, 0.25) is 10.0 Å². The molecule has 108 valence electrons. The summed E-state index contributed by atoms with van der Waals surface area (Å²) in [6, 6.07) is 4.48. The van der Waals surface area contributed by atoms with Crippen molar-refractivity contribution in [3.63, 3.8) is 0 Å². The second-order valence-electron chi connectivity index (χ2n) is 3.66. The summed E-state index contributed by atoms with van der Waals surface area (Å²) in [4.78, 5) is 0.171. The molecule has 0 radical (unpaired) electrons. The first-order valence-corrected chi connectivity index (χ1v) is 8.58. The smallest absolute Gasteiger partial charge is 0.243 e. The fraction of sp³-hybridized carbons (Fsp3) is 0.455. The molecule has 0 aliphatic heterocycles. The van der Waals surface area contributed by atoms with Crippen LogP contribution in [0.4, 0.5) is 0 Å². The molecule has 0 bridgehead atoms. The molecule has 0 spiro atoms. The fourth-order valence-corrected chi connectivity index (χ4v) is 3.83. The number of hydrogen-bond donors (Lipinski definition) is 0. The van der Waals surface area contributed by atoms with Gasteiger partial charge in [-0.15, -0.1) is 11.6 Å². The second kappa shape index (κ2) is 7.81. The lowest BCUT2D eigenvalue weighted by Crippen LogP contribution is -2.35. The maximum atomic E-state index is 12.4. The molecule has 0 heterocycles. The van der Waals surface area contributed by atoms with Crippen LogP contribution in [0.5, 0.6) is 0 Å². The van der Waals surface area contributed by atoms with Gasteiger partial charge in [-0.05, 0) is 34.1 Å². The topological polar surface area (TPSA) is 46.6 Å². The van der Waals surface area contributed by atoms with E-state index >= 15 is 0 Å². The van der Waals surface area contributed by atoms with Crippen molar-refractivity contribution >= 4 is 49.2 Å². The number of halogens is 3. The maximum absolute atomic E-state index is 12.4. The molecule has 0 saturated heterocycles. The van der Waals surface area contributed by atoms with Crippen LogP contribution in [0.3, 0.4) is 0 Å². The number of nitrogens with zero attached hydrogens (tertiary/aromatic N) is 1. The molecule has 0 atom stereocenters. The number of ether oxygens (including phenoxy) is 1. The molecule has 19 heavy (non-hydrogen) atoms. The van der Waals surface area contributed by atoms with Gasteiger partial charge in [0, 0.05) is 30.6 Å². The van der Waals surface area contributed by atoms with E-state index in [0.29, 0.717) is 16.1 Å². The first kappa shape index (κ1) is 17.2. The Kier molecular flexibility index (Phi) is 7.07. The predicted molar refractivity (Wildman–Crippen MR) is 80.5 cm³/mol. The van der Waals surface area contributed by atoms with Gasteiger partial charge in [-0.25, -0.2) is 8.42 Å². The number of rotatable bonds is 7. The number of sulfonamides is 1. The van der Waals surface area contributed by atoms with Crippen LogP contribution in [-0.2, 0) is 14.8 Å². The van der Waals surface area contributed by atoms with Crippen LogP contribution in [0.15, 0.2) is 27.6 Å². The van der Waals surface area contributed by atoms with Crippen LogP contribution < -0.4 is 0 Å². The molecule has 0 amide bonds. The highest BCUT2D eigenvalue weighted by Gasteiger charge is 2.24. The van der Waals surface area contributed by atoms with Gasteiger partial charge in [0.15, 0.2) is 0 Å². The Labute approximate surface area is 131 Å². The maximum Gasteiger partial charge on any atom is 0.243 e. The number of benzene rings is 1. The number of alkyl halides is 1. The Morgan fingerprint density at radius 2 is 2.05 bits per heavy atom. The monoisotopic (exact) mass is 389 g/mol. The van der Waals surface area contributed by atoms with Gasteiger partial charge in [-0.2, -0.15) is 4.31 Å². The molecule has 0 unspecified atom stereocenters. The zero-order valence-corrected chi connectivity index (χ0v) is 14.2. The van der Waals surface area contributed by atoms with Crippen molar-refractivity contribution in [3.8, 4) is 0 Å². The summed E-state index contributed by atoms with van der Waals surface area (Å²) in [6.07, 6.45) is 0. The third-order valence-electron chi connectivity index (χ3n) is 2.41. The third kappa shape index (κ3) is 4.58. The van der Waals surface area contributed by atoms with E-state index < -0.39 is 10.0 Å². The first-order valence-electron chi connectivity index (χ1n) is 5.43. The van der Waals surface area contributed by atoms with E-state index in [1.165, 1.54) is 29.6 Å². The van der Waals surface area contributed by atoms with Crippen LogP contribution in [0, 0.1) is 0 Å². The molecule has 4 nitrogen and oxygen atoms in total. The first-order chi connectivity index (χ1) is 8.93. The van der Waals surface area contributed by atoms with Gasteiger partial charge in [-0.1, -0.05) is 11.6 Å². The van der Waals surface area contributed by atoms with E-state index in [4.69, 9.17) is 27.9 Å². The molecule has 0 aliphatic carbocycles. The Bertz CT molecular complexity index is 525. The summed E-state index contributed by atoms with van der Waals surface area (Å²) in [5.74, 6) is 0.220. The molecule has 0 N–H and O–H groups in total. The van der Waals surface area contributed by atoms with E-state index in [9.17, 15) is 8.42 Å². The van der Waals surface area contributed by atoms with Gasteiger partial charge in [-0.3, -0.25) is 0 Å². The van der Waals surface area contributed by atoms with Crippen LogP contribution >= 0.6 is 39.1 Å². The second-order valence-corrected chi connectivity index (χ2v) is 7.24. The molecule has 0 saturated carbocycles. The molecule has 1 aromatic rings. The minimum atomic E-state index is -3.59. The van der Waals surface area contributed by atoms with E-state index in [2.05, 4.69) is 15.9 Å². The minimum Gasteiger partial charge on any atom is -0.383 e. The van der Waals surface area contributed by atoms with Gasteiger partial charge in [0.05, 0.1) is 16.5 Å². The van der Waals surface area contributed by atoms with Crippen molar-refractivity contribution in [1.82, 2.24) is 4.31 Å². The molecule has 0 fully saturated rings. The van der Waals surface area contributed by atoms with Crippen molar-refractivity contribution in [2.45, 2.75) is 4.90 Å². The summed E-state index contributed by atoms with van der Waals surface area (Å²) >= 11 is 14.7. The lowest BCUT2D eigenvalue weighted by atomic mass is 10.4. The molecule has 1 aromatic carbocycles. The Morgan fingerprint density at radius 1 is 1.37 bits per heavy atom. The Hall–Kier alpha value is 0.150. The lowest BCUT2D eigenvalue weighted by molar-refractivity contribution is 0.180. The summed E-state index contributed by atoms with van der Waals surface area (Å²) < 4.78 is 31.6. The summed E-state index contributed by atoms with van der Waals surface area (Å²) in [5, 5.41) is 0.458. The zero-order valence-electron chi connectivity index (χ0n) is 10.3. The molecular weight excluding hydrogens is 377 g/mol. The molecule has 8 heteroatoms. The van der Waals surface area contributed by atoms with Crippen molar-refractivity contribution in [2.24, 2.45) is 0 Å². The van der Waals surface area contributed by atoms with E-state index in [-0.39, 0.29) is 23.9 Å². The summed E-state index contributed by atoms with van der Waals surface area (Å²) in [7, 11) is -2.08. The molecule has 0 aliphatic rings. The van der Waals surface area contributed by atoms with Crippen LogP contribution in [0.25, 0.3) is 0 Å². The number of hydrogen-bond acceptors (Lipinski definition) is 3. The minimum absolute atomic E-state index is 0.171. The lowest BCUT2D eigenvalue weighted by Gasteiger charge is -2.21. The largest absolute Gasteiger partial charge is 0.383 e. The van der Waals surface area contributed by atoms with Crippen LogP contribution in [0.2, 0.25) is 5.02 Å². The van der Waals surface area contributed by atoms with Crippen LogP contribution in [0.1, 0.15) is 0 Å². The average molecular weight is 391 g/mol. The van der Waals surface area contributed by atoms with E-state index in [0.717, 1.165) is 0 Å². The highest BCUT2D eigenvalue weighted by molar-refractivity contribution is 9.10. The highest BCUT2D eigenvalue weighted by atomic mass is 79.9. The quantitative estimate of drug-likeness (QED) is 0.672. The van der Waals surface area contributed by atoms with Crippen molar-refractivity contribution in [1.29, 1.82) is 0 Å². The fourth-order valence-electron chi connectivity index (χ4n) is 1.43. The number of methoxy groups -OCH3 is 1. The SMILES string of the molecule is COCCN(CCCl)S(=O)(=O)c1ccc(Cl)c(Br)c1. The average Bonchev–Trinajstić information content (AvgIpc) is 2.37. The molecule has 1 rings (SSSR count). The third-order valence-corrected chi connectivity index (χ3v) is 5.69. The Morgan fingerprint density at radius 3 is 2.58 bits per heavy atom. The highest BCUT2D eigenvalue weighted by Crippen LogP contribution is 2.26. The van der Waals surface area contributed by atoms with Crippen molar-refractivity contribution in [2.75, 3.05) is 32.7 Å². The molecular formula is C11H14BrCl2NO3S. The van der Waals surface area contributed by atoms with Gasteiger partial charge < -0.3 is 4.74 Å². The van der Waals surface area contributed by atoms with Crippen molar-refractivity contribution < 1.29 is 13.2 Å². The molecule has 0 aromatic heterocycles. The van der Waals surface area contributed by atoms with Gasteiger partial charge in [0.25, 0.3) is 0 Å². The Balaban J connectivity index is 3.07. The van der Waals surface area contributed by atoms with E-state index in [1.807, 2.05) is 0 Å². The normalized spacial score (nSPS) is 12.1. The van der Waals surface area contributed by atoms with E-state index in [1.54, 1.807) is 0 Å². The van der Waals surface area contributed by atoms with Crippen LogP contribution in [-0.4, -0.2) is 45.4 Å².